The second kappa shape index (κ2) is 9.47. The van der Waals surface area contributed by atoms with E-state index in [1.807, 2.05) is 0 Å². The van der Waals surface area contributed by atoms with Gasteiger partial charge in [-0.25, -0.2) is 4.79 Å². The molecule has 0 aliphatic rings. The van der Waals surface area contributed by atoms with Gasteiger partial charge in [-0.05, 0) is 31.5 Å². The van der Waals surface area contributed by atoms with Gasteiger partial charge in [-0.1, -0.05) is 40.4 Å². The highest BCUT2D eigenvalue weighted by Crippen LogP contribution is 2.30. The molecule has 1 atom stereocenters. The number of halogens is 2. The summed E-state index contributed by atoms with van der Waals surface area (Å²) in [6.45, 7) is 2.83. The second-order valence-electron chi connectivity index (χ2n) is 4.09. The summed E-state index contributed by atoms with van der Waals surface area (Å²) in [5.41, 5.74) is 8.77. The number of nitrogens with zero attached hydrogens (tertiary/aromatic N) is 3. The monoisotopic (exact) mass is 330 g/mol. The third-order valence-corrected chi connectivity index (χ3v) is 3.49. The normalized spacial score (nSPS) is 11.6. The van der Waals surface area contributed by atoms with Crippen molar-refractivity contribution in [2.45, 2.75) is 19.4 Å². The molecule has 1 rings (SSSR count). The van der Waals surface area contributed by atoms with Crippen LogP contribution in [-0.2, 0) is 9.53 Å². The van der Waals surface area contributed by atoms with E-state index in [-0.39, 0.29) is 6.61 Å². The Kier molecular flexibility index (Phi) is 7.93. The molecule has 0 spiro atoms. The first-order chi connectivity index (χ1) is 10.1. The van der Waals surface area contributed by atoms with E-state index in [0.29, 0.717) is 35.1 Å². The van der Waals surface area contributed by atoms with Crippen molar-refractivity contribution in [3.05, 3.63) is 44.3 Å². The van der Waals surface area contributed by atoms with Gasteiger partial charge in [0.2, 0.25) is 0 Å². The fourth-order valence-electron chi connectivity index (χ4n) is 1.73. The predicted molar refractivity (Wildman–Crippen MR) is 82.5 cm³/mol. The van der Waals surface area contributed by atoms with Crippen LogP contribution in [0.1, 0.15) is 24.9 Å². The Bertz CT molecular complexity index is 533. The van der Waals surface area contributed by atoms with E-state index in [4.69, 9.17) is 33.5 Å². The maximum atomic E-state index is 12.1. The molecule has 8 heteroatoms. The van der Waals surface area contributed by atoms with Crippen molar-refractivity contribution >= 4 is 29.2 Å². The van der Waals surface area contributed by atoms with Crippen LogP contribution in [0.4, 0.5) is 0 Å². The van der Waals surface area contributed by atoms with Crippen LogP contribution in [0.5, 0.6) is 0 Å². The zero-order chi connectivity index (χ0) is 15.7. The van der Waals surface area contributed by atoms with Crippen LogP contribution in [0.15, 0.2) is 23.3 Å². The molecule has 6 nitrogen and oxygen atoms in total. The first-order valence-corrected chi connectivity index (χ1v) is 7.22. The molecule has 1 N–H and O–H groups in total. The molecule has 0 aromatic heterocycles. The molecule has 0 bridgehead atoms. The number of ether oxygens (including phenoxy) is 1. The van der Waals surface area contributed by atoms with Gasteiger partial charge < -0.3 is 10.1 Å². The molecule has 21 heavy (non-hydrogen) atoms. The van der Waals surface area contributed by atoms with Gasteiger partial charge in [0, 0.05) is 17.0 Å². The van der Waals surface area contributed by atoms with Gasteiger partial charge in [0.15, 0.2) is 0 Å². The molecule has 1 aromatic carbocycles. The molecule has 1 aromatic rings. The van der Waals surface area contributed by atoms with Crippen LogP contribution < -0.4 is 5.32 Å². The average molecular weight is 331 g/mol. The van der Waals surface area contributed by atoms with Crippen LogP contribution in [0.25, 0.3) is 10.4 Å². The lowest BCUT2D eigenvalue weighted by atomic mass is 10.1. The van der Waals surface area contributed by atoms with E-state index >= 15 is 0 Å². The molecule has 0 aliphatic heterocycles. The van der Waals surface area contributed by atoms with Crippen molar-refractivity contribution in [2.75, 3.05) is 19.7 Å². The average Bonchev–Trinajstić information content (AvgIpc) is 2.46. The smallest absolute Gasteiger partial charge is 0.327 e. The number of carbonyl (C=O) groups excluding carboxylic acids is 1. The number of carbonyl (C=O) groups is 1. The van der Waals surface area contributed by atoms with Gasteiger partial charge in [-0.15, -0.1) is 0 Å². The van der Waals surface area contributed by atoms with E-state index in [2.05, 4.69) is 15.3 Å². The van der Waals surface area contributed by atoms with Gasteiger partial charge in [0.05, 0.1) is 16.7 Å². The quantitative estimate of drug-likeness (QED) is 0.258. The maximum Gasteiger partial charge on any atom is 0.327 e. The van der Waals surface area contributed by atoms with E-state index in [1.165, 1.54) is 0 Å². The summed E-state index contributed by atoms with van der Waals surface area (Å²) in [5, 5.41) is 7.17. The van der Waals surface area contributed by atoms with Crippen molar-refractivity contribution in [1.82, 2.24) is 5.32 Å². The Balaban J connectivity index is 2.84. The van der Waals surface area contributed by atoms with Gasteiger partial charge in [0.25, 0.3) is 0 Å². The largest absolute Gasteiger partial charge is 0.465 e. The second-order valence-corrected chi connectivity index (χ2v) is 4.88. The lowest BCUT2D eigenvalue weighted by Gasteiger charge is -2.19. The molecule has 0 radical (unpaired) electrons. The number of azide groups is 1. The molecule has 1 unspecified atom stereocenters. The minimum absolute atomic E-state index is 0.272. The Morgan fingerprint density at radius 2 is 2.29 bits per heavy atom. The standard InChI is InChI=1S/C13H16Cl2N4O2/c1-2-21-13(20)12(17-7-4-8-18-19-16)9-5-3-6-10(14)11(9)15/h3,5-6,12,17H,2,4,7-8H2,1H3. The topological polar surface area (TPSA) is 87.1 Å². The Labute approximate surface area is 133 Å². The first kappa shape index (κ1) is 17.6. The van der Waals surface area contributed by atoms with Crippen molar-refractivity contribution < 1.29 is 9.53 Å². The van der Waals surface area contributed by atoms with Crippen molar-refractivity contribution in [2.24, 2.45) is 5.11 Å². The van der Waals surface area contributed by atoms with E-state index in [9.17, 15) is 4.79 Å². The zero-order valence-corrected chi connectivity index (χ0v) is 13.1. The minimum Gasteiger partial charge on any atom is -0.465 e. The highest BCUT2D eigenvalue weighted by Gasteiger charge is 2.24. The number of esters is 1. The fourth-order valence-corrected chi connectivity index (χ4v) is 2.15. The number of nitrogens with one attached hydrogen (secondary N) is 1. The molecule has 0 heterocycles. The number of hydrogen-bond donors (Lipinski definition) is 1. The lowest BCUT2D eigenvalue weighted by molar-refractivity contribution is -0.145. The summed E-state index contributed by atoms with van der Waals surface area (Å²) in [6.07, 6.45) is 0.595. The van der Waals surface area contributed by atoms with Crippen LogP contribution in [0, 0.1) is 0 Å². The van der Waals surface area contributed by atoms with Gasteiger partial charge in [0.1, 0.15) is 6.04 Å². The highest BCUT2D eigenvalue weighted by atomic mass is 35.5. The summed E-state index contributed by atoms with van der Waals surface area (Å²) in [6, 6.07) is 4.38. The summed E-state index contributed by atoms with van der Waals surface area (Å²) in [5.74, 6) is -0.426. The van der Waals surface area contributed by atoms with Gasteiger partial charge >= 0.3 is 5.97 Å². The van der Waals surface area contributed by atoms with Crippen LogP contribution >= 0.6 is 23.2 Å². The van der Waals surface area contributed by atoms with E-state index < -0.39 is 12.0 Å². The third-order valence-electron chi connectivity index (χ3n) is 2.66. The first-order valence-electron chi connectivity index (χ1n) is 6.46. The van der Waals surface area contributed by atoms with Crippen LogP contribution in [0.3, 0.4) is 0 Å². The molecule has 0 amide bonds. The van der Waals surface area contributed by atoms with Crippen molar-refractivity contribution in [3.8, 4) is 0 Å². The van der Waals surface area contributed by atoms with Crippen LogP contribution in [-0.4, -0.2) is 25.7 Å². The number of rotatable bonds is 8. The summed E-state index contributed by atoms with van der Waals surface area (Å²) in [7, 11) is 0. The third kappa shape index (κ3) is 5.44. The summed E-state index contributed by atoms with van der Waals surface area (Å²) in [4.78, 5) is 14.7. The fraction of sp³-hybridized carbons (Fsp3) is 0.462. The SMILES string of the molecule is CCOC(=O)C(NCCCN=[N+]=[N-])c1cccc(Cl)c1Cl. The number of benzene rings is 1. The van der Waals surface area contributed by atoms with Crippen molar-refractivity contribution in [1.29, 1.82) is 0 Å². The number of hydrogen-bond acceptors (Lipinski definition) is 4. The summed E-state index contributed by atoms with van der Waals surface area (Å²) < 4.78 is 5.05. The highest BCUT2D eigenvalue weighted by molar-refractivity contribution is 6.42. The predicted octanol–water partition coefficient (Wildman–Crippen LogP) is 3.89. The van der Waals surface area contributed by atoms with Gasteiger partial charge in [-0.2, -0.15) is 0 Å². The van der Waals surface area contributed by atoms with Crippen LogP contribution in [0.2, 0.25) is 10.0 Å². The van der Waals surface area contributed by atoms with E-state index in [0.717, 1.165) is 0 Å². The lowest BCUT2D eigenvalue weighted by Crippen LogP contribution is -2.31. The maximum absolute atomic E-state index is 12.1. The molecule has 114 valence electrons. The Hall–Kier alpha value is -1.46. The molecular weight excluding hydrogens is 315 g/mol. The Morgan fingerprint density at radius 1 is 1.52 bits per heavy atom. The minimum atomic E-state index is -0.706. The molecule has 0 fully saturated rings. The molecule has 0 aliphatic carbocycles. The molecule has 0 saturated heterocycles. The molecule has 0 saturated carbocycles. The van der Waals surface area contributed by atoms with Gasteiger partial charge in [-0.3, -0.25) is 0 Å². The summed E-state index contributed by atoms with van der Waals surface area (Å²) >= 11 is 12.1. The zero-order valence-electron chi connectivity index (χ0n) is 11.6. The Morgan fingerprint density at radius 3 is 2.95 bits per heavy atom. The van der Waals surface area contributed by atoms with Crippen molar-refractivity contribution in [3.63, 3.8) is 0 Å². The van der Waals surface area contributed by atoms with E-state index in [1.54, 1.807) is 25.1 Å². The molecular formula is C13H16Cl2N4O2.